The maximum atomic E-state index is 11.3. The standard InChI is InChI=1S/C12H14N2O3S/c1-2-17-12(16)6-13-8-3-4-10-9(5-8)14-11(15)7-18-10/h3-5,13H,2,6-7H2,1H3,(H,14,15). The molecule has 0 saturated carbocycles. The molecule has 1 amide bonds. The molecule has 1 aromatic rings. The number of rotatable bonds is 4. The summed E-state index contributed by atoms with van der Waals surface area (Å²) < 4.78 is 4.82. The molecule has 18 heavy (non-hydrogen) atoms. The van der Waals surface area contributed by atoms with Crippen LogP contribution < -0.4 is 10.6 Å². The number of amides is 1. The number of nitrogens with one attached hydrogen (secondary N) is 2. The summed E-state index contributed by atoms with van der Waals surface area (Å²) >= 11 is 1.51. The lowest BCUT2D eigenvalue weighted by Gasteiger charge is -2.17. The van der Waals surface area contributed by atoms with E-state index in [1.807, 2.05) is 18.2 Å². The van der Waals surface area contributed by atoms with E-state index in [1.54, 1.807) is 6.92 Å². The van der Waals surface area contributed by atoms with Gasteiger partial charge in [-0.05, 0) is 25.1 Å². The molecule has 1 aliphatic heterocycles. The Hall–Kier alpha value is -1.69. The van der Waals surface area contributed by atoms with Crippen molar-refractivity contribution in [2.75, 3.05) is 29.5 Å². The first-order valence-electron chi connectivity index (χ1n) is 5.65. The van der Waals surface area contributed by atoms with Crippen LogP contribution in [-0.2, 0) is 14.3 Å². The molecule has 1 heterocycles. The molecule has 1 aliphatic rings. The van der Waals surface area contributed by atoms with Gasteiger partial charge in [0, 0.05) is 10.6 Å². The number of carbonyl (C=O) groups is 2. The average molecular weight is 266 g/mol. The molecule has 1 aromatic carbocycles. The summed E-state index contributed by atoms with van der Waals surface area (Å²) in [6.07, 6.45) is 0. The molecule has 6 heteroatoms. The third kappa shape index (κ3) is 3.16. The SMILES string of the molecule is CCOC(=O)CNc1ccc2c(c1)NC(=O)CS2. The minimum atomic E-state index is -0.298. The third-order valence-electron chi connectivity index (χ3n) is 2.35. The lowest BCUT2D eigenvalue weighted by molar-refractivity contribution is -0.140. The topological polar surface area (TPSA) is 67.4 Å². The van der Waals surface area contributed by atoms with Crippen molar-refractivity contribution in [2.24, 2.45) is 0 Å². The van der Waals surface area contributed by atoms with Gasteiger partial charge >= 0.3 is 5.97 Å². The fraction of sp³-hybridized carbons (Fsp3) is 0.333. The summed E-state index contributed by atoms with van der Waals surface area (Å²) in [5.74, 6) is 0.145. The number of benzene rings is 1. The molecular formula is C12H14N2O3S. The van der Waals surface area contributed by atoms with E-state index in [4.69, 9.17) is 4.74 Å². The summed E-state index contributed by atoms with van der Waals surface area (Å²) in [7, 11) is 0. The van der Waals surface area contributed by atoms with E-state index in [0.29, 0.717) is 12.4 Å². The maximum Gasteiger partial charge on any atom is 0.325 e. The van der Waals surface area contributed by atoms with Crippen LogP contribution in [0.2, 0.25) is 0 Å². The molecule has 0 saturated heterocycles. The van der Waals surface area contributed by atoms with E-state index in [9.17, 15) is 9.59 Å². The monoisotopic (exact) mass is 266 g/mol. The highest BCUT2D eigenvalue weighted by Crippen LogP contribution is 2.33. The summed E-state index contributed by atoms with van der Waals surface area (Å²) in [4.78, 5) is 23.5. The van der Waals surface area contributed by atoms with Crippen LogP contribution in [0.5, 0.6) is 0 Å². The molecule has 0 radical (unpaired) electrons. The van der Waals surface area contributed by atoms with Crippen LogP contribution >= 0.6 is 11.8 Å². The van der Waals surface area contributed by atoms with Crippen molar-refractivity contribution in [1.29, 1.82) is 0 Å². The van der Waals surface area contributed by atoms with Crippen molar-refractivity contribution in [3.8, 4) is 0 Å². The molecule has 5 nitrogen and oxygen atoms in total. The normalized spacial score (nSPS) is 13.5. The number of fused-ring (bicyclic) bond motifs is 1. The van der Waals surface area contributed by atoms with E-state index in [0.717, 1.165) is 16.3 Å². The molecular weight excluding hydrogens is 252 g/mol. The fourth-order valence-corrected chi connectivity index (χ4v) is 2.37. The van der Waals surface area contributed by atoms with Crippen molar-refractivity contribution in [3.63, 3.8) is 0 Å². The largest absolute Gasteiger partial charge is 0.465 e. The summed E-state index contributed by atoms with van der Waals surface area (Å²) in [6.45, 7) is 2.26. The van der Waals surface area contributed by atoms with Crippen LogP contribution in [0.15, 0.2) is 23.1 Å². The summed E-state index contributed by atoms with van der Waals surface area (Å²) in [5.41, 5.74) is 1.56. The van der Waals surface area contributed by atoms with E-state index >= 15 is 0 Å². The lowest BCUT2D eigenvalue weighted by atomic mass is 10.2. The first-order valence-corrected chi connectivity index (χ1v) is 6.64. The Balaban J connectivity index is 2.00. The van der Waals surface area contributed by atoms with Gasteiger partial charge in [0.05, 0.1) is 18.0 Å². The van der Waals surface area contributed by atoms with Crippen LogP contribution in [0.1, 0.15) is 6.92 Å². The number of hydrogen-bond acceptors (Lipinski definition) is 5. The van der Waals surface area contributed by atoms with Gasteiger partial charge in [-0.1, -0.05) is 0 Å². The Kier molecular flexibility index (Phi) is 4.09. The smallest absolute Gasteiger partial charge is 0.325 e. The van der Waals surface area contributed by atoms with Gasteiger partial charge in [0.25, 0.3) is 0 Å². The van der Waals surface area contributed by atoms with E-state index in [2.05, 4.69) is 10.6 Å². The van der Waals surface area contributed by atoms with E-state index < -0.39 is 0 Å². The number of anilines is 2. The van der Waals surface area contributed by atoms with Crippen LogP contribution in [0, 0.1) is 0 Å². The lowest BCUT2D eigenvalue weighted by Crippen LogP contribution is -2.19. The van der Waals surface area contributed by atoms with Crippen molar-refractivity contribution in [1.82, 2.24) is 0 Å². The molecule has 0 aliphatic carbocycles. The maximum absolute atomic E-state index is 11.3. The Bertz CT molecular complexity index is 476. The van der Waals surface area contributed by atoms with Gasteiger partial charge in [0.15, 0.2) is 0 Å². The Labute approximate surface area is 109 Å². The van der Waals surface area contributed by atoms with Gasteiger partial charge in [-0.15, -0.1) is 11.8 Å². The van der Waals surface area contributed by atoms with Gasteiger partial charge < -0.3 is 15.4 Å². The number of esters is 1. The predicted molar refractivity (Wildman–Crippen MR) is 70.9 cm³/mol. The first-order chi connectivity index (χ1) is 8.69. The fourth-order valence-electron chi connectivity index (χ4n) is 1.58. The molecule has 0 atom stereocenters. The minimum Gasteiger partial charge on any atom is -0.465 e. The van der Waals surface area contributed by atoms with Crippen molar-refractivity contribution >= 4 is 35.0 Å². The molecule has 2 N–H and O–H groups in total. The van der Waals surface area contributed by atoms with E-state index in [1.165, 1.54) is 11.8 Å². The number of carbonyl (C=O) groups excluding carboxylic acids is 2. The average Bonchev–Trinajstić information content (AvgIpc) is 2.36. The quantitative estimate of drug-likeness (QED) is 0.812. The highest BCUT2D eigenvalue weighted by Gasteiger charge is 2.15. The number of ether oxygens (including phenoxy) is 1. The van der Waals surface area contributed by atoms with Gasteiger partial charge in [-0.25, -0.2) is 0 Å². The number of thioether (sulfide) groups is 1. The van der Waals surface area contributed by atoms with Gasteiger partial charge in [-0.3, -0.25) is 9.59 Å². The first kappa shape index (κ1) is 12.8. The van der Waals surface area contributed by atoms with Crippen molar-refractivity contribution in [2.45, 2.75) is 11.8 Å². The zero-order valence-corrected chi connectivity index (χ0v) is 10.8. The second-order valence-electron chi connectivity index (χ2n) is 3.71. The zero-order valence-electron chi connectivity index (χ0n) is 9.99. The Morgan fingerprint density at radius 1 is 1.56 bits per heavy atom. The Morgan fingerprint density at radius 2 is 2.39 bits per heavy atom. The molecule has 96 valence electrons. The zero-order chi connectivity index (χ0) is 13.0. The second kappa shape index (κ2) is 5.77. The molecule has 0 fully saturated rings. The molecule has 0 spiro atoms. The highest BCUT2D eigenvalue weighted by atomic mass is 32.2. The Morgan fingerprint density at radius 3 is 3.17 bits per heavy atom. The number of hydrogen-bond donors (Lipinski definition) is 2. The van der Waals surface area contributed by atoms with E-state index in [-0.39, 0.29) is 18.4 Å². The van der Waals surface area contributed by atoms with Gasteiger partial charge in [-0.2, -0.15) is 0 Å². The molecule has 0 bridgehead atoms. The molecule has 0 aromatic heterocycles. The molecule has 0 unspecified atom stereocenters. The second-order valence-corrected chi connectivity index (χ2v) is 4.72. The highest BCUT2D eigenvalue weighted by molar-refractivity contribution is 8.00. The van der Waals surface area contributed by atoms with Crippen LogP contribution in [0.25, 0.3) is 0 Å². The van der Waals surface area contributed by atoms with Crippen molar-refractivity contribution in [3.05, 3.63) is 18.2 Å². The summed E-state index contributed by atoms with van der Waals surface area (Å²) in [5, 5.41) is 5.76. The third-order valence-corrected chi connectivity index (χ3v) is 3.43. The van der Waals surface area contributed by atoms with Gasteiger partial charge in [0.1, 0.15) is 6.54 Å². The van der Waals surface area contributed by atoms with Gasteiger partial charge in [0.2, 0.25) is 5.91 Å². The molecule has 2 rings (SSSR count). The van der Waals surface area contributed by atoms with Crippen LogP contribution in [-0.4, -0.2) is 30.8 Å². The minimum absolute atomic E-state index is 0.00459. The van der Waals surface area contributed by atoms with Crippen molar-refractivity contribution < 1.29 is 14.3 Å². The van der Waals surface area contributed by atoms with Crippen LogP contribution in [0.3, 0.4) is 0 Å². The van der Waals surface area contributed by atoms with Crippen LogP contribution in [0.4, 0.5) is 11.4 Å². The predicted octanol–water partition coefficient (Wildman–Crippen LogP) is 1.71. The summed E-state index contributed by atoms with van der Waals surface area (Å²) in [6, 6.07) is 5.62.